The van der Waals surface area contributed by atoms with Gasteiger partial charge in [-0.25, -0.2) is 0 Å². The maximum Gasteiger partial charge on any atom is 0.305 e. The molecule has 0 saturated carbocycles. The Balaban J connectivity index is 1.90. The average Bonchev–Trinajstić information content (AvgIpc) is 2.77. The van der Waals surface area contributed by atoms with Crippen molar-refractivity contribution in [2.45, 2.75) is 32.7 Å². The topological polar surface area (TPSA) is 105 Å². The second-order valence-electron chi connectivity index (χ2n) is 7.36. The molecule has 32 heavy (non-hydrogen) atoms. The van der Waals surface area contributed by atoms with Crippen molar-refractivity contribution in [2.24, 2.45) is 0 Å². The van der Waals surface area contributed by atoms with E-state index in [-0.39, 0.29) is 50.3 Å². The monoisotopic (exact) mass is 439 g/mol. The van der Waals surface area contributed by atoms with Crippen molar-refractivity contribution in [1.82, 2.24) is 10.2 Å². The lowest BCUT2D eigenvalue weighted by atomic mass is 10.1. The van der Waals surface area contributed by atoms with E-state index in [2.05, 4.69) is 15.4 Å². The molecule has 0 saturated heterocycles. The normalized spacial score (nSPS) is 10.2. The van der Waals surface area contributed by atoms with E-state index in [1.54, 1.807) is 6.07 Å². The predicted molar refractivity (Wildman–Crippen MR) is 121 cm³/mol. The molecule has 0 bridgehead atoms. The summed E-state index contributed by atoms with van der Waals surface area (Å²) in [5, 5.41) is 5.27. The van der Waals surface area contributed by atoms with Gasteiger partial charge in [-0.1, -0.05) is 42.5 Å². The lowest BCUT2D eigenvalue weighted by Crippen LogP contribution is -2.42. The molecule has 2 N–H and O–H groups in total. The summed E-state index contributed by atoms with van der Waals surface area (Å²) in [5.74, 6) is -1.44. The van der Waals surface area contributed by atoms with Crippen LogP contribution >= 0.6 is 0 Å². The Morgan fingerprint density at radius 2 is 1.69 bits per heavy atom. The molecule has 0 radical (unpaired) electrons. The van der Waals surface area contributed by atoms with E-state index in [0.29, 0.717) is 12.1 Å². The number of ether oxygens (including phenoxy) is 1. The number of rotatable bonds is 11. The van der Waals surface area contributed by atoms with Crippen LogP contribution in [0, 0.1) is 6.92 Å². The first-order valence-electron chi connectivity index (χ1n) is 10.4. The zero-order valence-electron chi connectivity index (χ0n) is 18.4. The van der Waals surface area contributed by atoms with Crippen molar-refractivity contribution in [2.75, 3.05) is 25.5 Å². The zero-order chi connectivity index (χ0) is 23.3. The minimum Gasteiger partial charge on any atom is -0.469 e. The van der Waals surface area contributed by atoms with Gasteiger partial charge in [0.25, 0.3) is 0 Å². The van der Waals surface area contributed by atoms with Gasteiger partial charge in [-0.3, -0.25) is 19.2 Å². The van der Waals surface area contributed by atoms with Gasteiger partial charge in [0.2, 0.25) is 17.7 Å². The van der Waals surface area contributed by atoms with Crippen LogP contribution in [0.25, 0.3) is 0 Å². The number of hydrogen-bond acceptors (Lipinski definition) is 5. The van der Waals surface area contributed by atoms with Gasteiger partial charge in [0.05, 0.1) is 20.2 Å². The molecule has 0 unspecified atom stereocenters. The van der Waals surface area contributed by atoms with Crippen LogP contribution in [-0.2, 0) is 30.5 Å². The molecule has 2 rings (SSSR count). The summed E-state index contributed by atoms with van der Waals surface area (Å²) in [5.41, 5.74) is 2.53. The first-order chi connectivity index (χ1) is 15.4. The molecule has 0 heterocycles. The largest absolute Gasteiger partial charge is 0.469 e. The Morgan fingerprint density at radius 1 is 0.938 bits per heavy atom. The summed E-state index contributed by atoms with van der Waals surface area (Å²) in [6.07, 6.45) is 0.577. The number of esters is 1. The maximum atomic E-state index is 12.7. The number of amides is 3. The van der Waals surface area contributed by atoms with Gasteiger partial charge in [0, 0.05) is 25.1 Å². The molecule has 0 atom stereocenters. The van der Waals surface area contributed by atoms with Crippen LogP contribution in [0.5, 0.6) is 0 Å². The summed E-state index contributed by atoms with van der Waals surface area (Å²) in [4.78, 5) is 49.9. The number of benzene rings is 2. The number of nitrogens with zero attached hydrogens (tertiary/aromatic N) is 1. The molecular weight excluding hydrogens is 410 g/mol. The van der Waals surface area contributed by atoms with E-state index in [0.717, 1.165) is 11.1 Å². The van der Waals surface area contributed by atoms with Crippen LogP contribution < -0.4 is 10.6 Å². The van der Waals surface area contributed by atoms with Crippen molar-refractivity contribution in [3.8, 4) is 0 Å². The average molecular weight is 440 g/mol. The van der Waals surface area contributed by atoms with E-state index >= 15 is 0 Å². The summed E-state index contributed by atoms with van der Waals surface area (Å²) in [6, 6.07) is 16.6. The molecule has 8 heteroatoms. The lowest BCUT2D eigenvalue weighted by Gasteiger charge is -2.22. The number of aryl methyl sites for hydroxylation is 1. The molecule has 3 amide bonds. The SMILES string of the molecule is COC(=O)CCCC(=O)N(CC(=O)NCC(=O)Nc1cccc(C)c1)Cc1ccccc1. The number of nitrogens with one attached hydrogen (secondary N) is 2. The Kier molecular flexibility index (Phi) is 9.90. The highest BCUT2D eigenvalue weighted by molar-refractivity contribution is 5.95. The van der Waals surface area contributed by atoms with Crippen molar-refractivity contribution < 1.29 is 23.9 Å². The molecular formula is C24H29N3O5. The van der Waals surface area contributed by atoms with E-state index in [1.807, 2.05) is 55.5 Å². The minimum atomic E-state index is -0.443. The van der Waals surface area contributed by atoms with Crippen LogP contribution in [0.4, 0.5) is 5.69 Å². The molecule has 0 aromatic heterocycles. The number of methoxy groups -OCH3 is 1. The van der Waals surface area contributed by atoms with Crippen molar-refractivity contribution in [3.05, 3.63) is 65.7 Å². The zero-order valence-corrected chi connectivity index (χ0v) is 18.4. The van der Waals surface area contributed by atoms with Crippen LogP contribution in [0.2, 0.25) is 0 Å². The van der Waals surface area contributed by atoms with Gasteiger partial charge in [-0.2, -0.15) is 0 Å². The van der Waals surface area contributed by atoms with Crippen molar-refractivity contribution >= 4 is 29.4 Å². The summed E-state index contributed by atoms with van der Waals surface area (Å²) >= 11 is 0. The van der Waals surface area contributed by atoms with Crippen LogP contribution in [-0.4, -0.2) is 48.8 Å². The molecule has 8 nitrogen and oxygen atoms in total. The molecule has 0 fully saturated rings. The Bertz CT molecular complexity index is 930. The number of carbonyl (C=O) groups excluding carboxylic acids is 4. The molecule has 0 spiro atoms. The van der Waals surface area contributed by atoms with E-state index in [1.165, 1.54) is 12.0 Å². The molecule has 2 aromatic rings. The first-order valence-corrected chi connectivity index (χ1v) is 10.4. The fourth-order valence-corrected chi connectivity index (χ4v) is 3.02. The second kappa shape index (κ2) is 12.9. The Morgan fingerprint density at radius 3 is 2.38 bits per heavy atom. The maximum absolute atomic E-state index is 12.7. The van der Waals surface area contributed by atoms with Crippen LogP contribution in [0.15, 0.2) is 54.6 Å². The van der Waals surface area contributed by atoms with Gasteiger partial charge in [-0.05, 0) is 36.6 Å². The lowest BCUT2D eigenvalue weighted by molar-refractivity contribution is -0.141. The molecule has 2 aromatic carbocycles. The molecule has 0 aliphatic rings. The third-order valence-corrected chi connectivity index (χ3v) is 4.65. The summed E-state index contributed by atoms with van der Waals surface area (Å²) in [6.45, 7) is 1.77. The van der Waals surface area contributed by atoms with Gasteiger partial charge in [0.1, 0.15) is 0 Å². The van der Waals surface area contributed by atoms with Crippen molar-refractivity contribution in [3.63, 3.8) is 0 Å². The van der Waals surface area contributed by atoms with Gasteiger partial charge in [0.15, 0.2) is 0 Å². The van der Waals surface area contributed by atoms with E-state index in [4.69, 9.17) is 0 Å². The van der Waals surface area contributed by atoms with Gasteiger partial charge < -0.3 is 20.3 Å². The summed E-state index contributed by atoms with van der Waals surface area (Å²) in [7, 11) is 1.30. The van der Waals surface area contributed by atoms with Gasteiger partial charge >= 0.3 is 5.97 Å². The molecule has 0 aliphatic carbocycles. The number of hydrogen-bond donors (Lipinski definition) is 2. The van der Waals surface area contributed by atoms with Crippen molar-refractivity contribution in [1.29, 1.82) is 0 Å². The highest BCUT2D eigenvalue weighted by Gasteiger charge is 2.18. The third-order valence-electron chi connectivity index (χ3n) is 4.65. The summed E-state index contributed by atoms with van der Waals surface area (Å²) < 4.78 is 4.59. The van der Waals surface area contributed by atoms with Crippen LogP contribution in [0.3, 0.4) is 0 Å². The second-order valence-corrected chi connectivity index (χ2v) is 7.36. The van der Waals surface area contributed by atoms with Crippen LogP contribution in [0.1, 0.15) is 30.4 Å². The fourth-order valence-electron chi connectivity index (χ4n) is 3.02. The highest BCUT2D eigenvalue weighted by atomic mass is 16.5. The smallest absolute Gasteiger partial charge is 0.305 e. The Hall–Kier alpha value is -3.68. The fraction of sp³-hybridized carbons (Fsp3) is 0.333. The number of carbonyl (C=O) groups is 4. The molecule has 0 aliphatic heterocycles. The Labute approximate surface area is 187 Å². The minimum absolute atomic E-state index is 0.114. The molecule has 170 valence electrons. The van der Waals surface area contributed by atoms with E-state index < -0.39 is 5.91 Å². The van der Waals surface area contributed by atoms with Gasteiger partial charge in [-0.15, -0.1) is 0 Å². The number of anilines is 1. The predicted octanol–water partition coefficient (Wildman–Crippen LogP) is 2.42. The quantitative estimate of drug-likeness (QED) is 0.523. The highest BCUT2D eigenvalue weighted by Crippen LogP contribution is 2.10. The van der Waals surface area contributed by atoms with E-state index in [9.17, 15) is 19.2 Å². The standard InChI is InChI=1S/C24H29N3O5/c1-18-8-6-11-20(14-18)26-21(28)15-25-22(29)17-27(16-19-9-4-3-5-10-19)23(30)12-7-13-24(31)32-2/h3-6,8-11,14H,7,12-13,15-17H2,1-2H3,(H,25,29)(H,26,28). The first kappa shape index (κ1) is 24.6. The third kappa shape index (κ3) is 8.99.